The van der Waals surface area contributed by atoms with Crippen LogP contribution in [0.25, 0.3) is 11.4 Å². The highest BCUT2D eigenvalue weighted by Crippen LogP contribution is 2.19. The second-order valence-corrected chi connectivity index (χ2v) is 6.14. The van der Waals surface area contributed by atoms with Crippen LogP contribution in [0.3, 0.4) is 0 Å². The molecule has 8 heteroatoms. The van der Waals surface area contributed by atoms with Gasteiger partial charge in [-0.3, -0.25) is 9.59 Å². The molecule has 0 aliphatic carbocycles. The van der Waals surface area contributed by atoms with Crippen molar-refractivity contribution in [3.8, 4) is 17.1 Å². The highest BCUT2D eigenvalue weighted by molar-refractivity contribution is 7.08. The van der Waals surface area contributed by atoms with Crippen LogP contribution in [0.2, 0.25) is 0 Å². The molecule has 3 aromatic rings. The van der Waals surface area contributed by atoms with Gasteiger partial charge in [0.2, 0.25) is 5.82 Å². The largest absolute Gasteiger partial charge is 0.493 e. The number of hydrogen-bond donors (Lipinski definition) is 0. The summed E-state index contributed by atoms with van der Waals surface area (Å²) >= 11 is 1.53. The summed E-state index contributed by atoms with van der Waals surface area (Å²) < 4.78 is 15.6. The average Bonchev–Trinajstić information content (AvgIpc) is 3.32. The molecule has 0 spiro atoms. The minimum atomic E-state index is -0.430. The van der Waals surface area contributed by atoms with Crippen molar-refractivity contribution >= 4 is 23.1 Å². The first kappa shape index (κ1) is 17.8. The van der Waals surface area contributed by atoms with Crippen molar-refractivity contribution in [1.82, 2.24) is 10.1 Å². The Hall–Kier alpha value is -3.00. The van der Waals surface area contributed by atoms with Crippen molar-refractivity contribution in [2.24, 2.45) is 0 Å². The molecule has 0 amide bonds. The van der Waals surface area contributed by atoms with Gasteiger partial charge in [-0.2, -0.15) is 16.3 Å². The van der Waals surface area contributed by atoms with E-state index in [1.807, 2.05) is 16.8 Å². The molecule has 2 aromatic heterocycles. The number of rotatable bonds is 8. The van der Waals surface area contributed by atoms with Crippen LogP contribution in [0.15, 0.2) is 45.6 Å². The van der Waals surface area contributed by atoms with Gasteiger partial charge in [0.15, 0.2) is 12.4 Å². The number of ether oxygens (including phenoxy) is 2. The van der Waals surface area contributed by atoms with Crippen molar-refractivity contribution in [2.45, 2.75) is 20.0 Å². The summed E-state index contributed by atoms with van der Waals surface area (Å²) in [5.41, 5.74) is 1.47. The number of carbonyl (C=O) groups excluding carboxylic acids is 2. The highest BCUT2D eigenvalue weighted by atomic mass is 32.1. The van der Waals surface area contributed by atoms with E-state index in [-0.39, 0.29) is 31.3 Å². The fourth-order valence-electron chi connectivity index (χ4n) is 2.07. The minimum absolute atomic E-state index is 0.0108. The summed E-state index contributed by atoms with van der Waals surface area (Å²) in [6.45, 7) is 1.59. The van der Waals surface area contributed by atoms with Crippen LogP contribution >= 0.6 is 11.3 Å². The first-order chi connectivity index (χ1) is 12.6. The van der Waals surface area contributed by atoms with E-state index in [1.54, 1.807) is 24.3 Å². The molecule has 134 valence electrons. The average molecular weight is 372 g/mol. The molecule has 0 saturated carbocycles. The van der Waals surface area contributed by atoms with E-state index >= 15 is 0 Å². The van der Waals surface area contributed by atoms with Gasteiger partial charge in [0, 0.05) is 16.5 Å². The molecule has 7 nitrogen and oxygen atoms in total. The van der Waals surface area contributed by atoms with Crippen LogP contribution in [0.1, 0.15) is 29.6 Å². The number of esters is 1. The first-order valence-electron chi connectivity index (χ1n) is 7.86. The number of hydrogen-bond acceptors (Lipinski definition) is 8. The molecule has 0 aliphatic rings. The van der Waals surface area contributed by atoms with Crippen molar-refractivity contribution < 1.29 is 23.6 Å². The Kier molecular flexibility index (Phi) is 5.75. The molecule has 0 unspecified atom stereocenters. The molecule has 1 aromatic carbocycles. The maximum Gasteiger partial charge on any atom is 0.309 e. The Labute approximate surface area is 153 Å². The van der Waals surface area contributed by atoms with E-state index in [1.165, 1.54) is 18.3 Å². The fraction of sp³-hybridized carbons (Fsp3) is 0.222. The summed E-state index contributed by atoms with van der Waals surface area (Å²) in [5.74, 6) is 0.846. The van der Waals surface area contributed by atoms with Crippen LogP contribution in [-0.2, 0) is 16.1 Å². The van der Waals surface area contributed by atoms with E-state index in [0.717, 1.165) is 5.56 Å². The molecule has 2 heterocycles. The van der Waals surface area contributed by atoms with Gasteiger partial charge in [0.1, 0.15) is 5.75 Å². The van der Waals surface area contributed by atoms with Crippen LogP contribution in [-0.4, -0.2) is 28.5 Å². The lowest BCUT2D eigenvalue weighted by Gasteiger charge is -2.06. The van der Waals surface area contributed by atoms with Gasteiger partial charge in [0.25, 0.3) is 5.89 Å². The van der Waals surface area contributed by atoms with Gasteiger partial charge in [-0.15, -0.1) is 0 Å². The molecule has 26 heavy (non-hydrogen) atoms. The molecule has 3 rings (SSSR count). The van der Waals surface area contributed by atoms with E-state index in [2.05, 4.69) is 10.1 Å². The van der Waals surface area contributed by atoms with Crippen LogP contribution in [0, 0.1) is 0 Å². The monoisotopic (exact) mass is 372 g/mol. The lowest BCUT2D eigenvalue weighted by Crippen LogP contribution is -2.10. The maximum atomic E-state index is 11.8. The van der Waals surface area contributed by atoms with Gasteiger partial charge >= 0.3 is 5.97 Å². The number of benzene rings is 1. The third kappa shape index (κ3) is 4.76. The van der Waals surface area contributed by atoms with E-state index < -0.39 is 5.97 Å². The standard InChI is InChI=1S/C18H16N2O5S/c1-12(21)13-2-4-15(5-3-13)23-8-6-17(22)24-10-16-19-18(20-25-16)14-7-9-26-11-14/h2-5,7,9,11H,6,8,10H2,1H3. The van der Waals surface area contributed by atoms with Gasteiger partial charge in [-0.1, -0.05) is 5.16 Å². The van der Waals surface area contributed by atoms with Crippen LogP contribution < -0.4 is 4.74 Å². The third-order valence-electron chi connectivity index (χ3n) is 3.44. The molecule has 0 atom stereocenters. The summed E-state index contributed by atoms with van der Waals surface area (Å²) in [6.07, 6.45) is 0.0833. The summed E-state index contributed by atoms with van der Waals surface area (Å²) in [7, 11) is 0. The van der Waals surface area contributed by atoms with Crippen molar-refractivity contribution in [3.63, 3.8) is 0 Å². The molecule has 0 aliphatic heterocycles. The Balaban J connectivity index is 1.40. The smallest absolute Gasteiger partial charge is 0.309 e. The SMILES string of the molecule is CC(=O)c1ccc(OCCC(=O)OCc2nc(-c3ccsc3)no2)cc1. The molecule has 0 fully saturated rings. The van der Waals surface area contributed by atoms with Gasteiger partial charge in [-0.05, 0) is 42.6 Å². The predicted molar refractivity (Wildman–Crippen MR) is 94.0 cm³/mol. The number of thiophene rings is 1. The highest BCUT2D eigenvalue weighted by Gasteiger charge is 2.11. The number of nitrogens with zero attached hydrogens (tertiary/aromatic N) is 2. The van der Waals surface area contributed by atoms with Gasteiger partial charge < -0.3 is 14.0 Å². The zero-order valence-electron chi connectivity index (χ0n) is 14.0. The number of ketones is 1. The summed E-state index contributed by atoms with van der Waals surface area (Å²) in [5, 5.41) is 7.66. The zero-order valence-corrected chi connectivity index (χ0v) is 14.8. The Morgan fingerprint density at radius 1 is 1.19 bits per heavy atom. The number of aromatic nitrogens is 2. The van der Waals surface area contributed by atoms with Crippen molar-refractivity contribution in [2.75, 3.05) is 6.61 Å². The van der Waals surface area contributed by atoms with Crippen molar-refractivity contribution in [3.05, 3.63) is 52.5 Å². The normalized spacial score (nSPS) is 10.5. The molecule has 0 N–H and O–H groups in total. The lowest BCUT2D eigenvalue weighted by molar-refractivity contribution is -0.146. The maximum absolute atomic E-state index is 11.8. The predicted octanol–water partition coefficient (Wildman–Crippen LogP) is 3.51. The molecule has 0 bridgehead atoms. The Morgan fingerprint density at radius 2 is 2.00 bits per heavy atom. The number of Topliss-reactive ketones (excluding diaryl/α,β-unsaturated/α-hetero) is 1. The van der Waals surface area contributed by atoms with E-state index in [0.29, 0.717) is 17.1 Å². The summed E-state index contributed by atoms with van der Waals surface area (Å²) in [6, 6.07) is 8.61. The zero-order chi connectivity index (χ0) is 18.4. The second kappa shape index (κ2) is 8.39. The molecular weight excluding hydrogens is 356 g/mol. The number of carbonyl (C=O) groups is 2. The van der Waals surface area contributed by atoms with Crippen LogP contribution in [0.4, 0.5) is 0 Å². The summed E-state index contributed by atoms with van der Waals surface area (Å²) in [4.78, 5) is 27.1. The minimum Gasteiger partial charge on any atom is -0.493 e. The van der Waals surface area contributed by atoms with Gasteiger partial charge in [0.05, 0.1) is 13.0 Å². The molecule has 0 saturated heterocycles. The Bertz CT molecular complexity index is 871. The first-order valence-corrected chi connectivity index (χ1v) is 8.80. The van der Waals surface area contributed by atoms with E-state index in [9.17, 15) is 9.59 Å². The Morgan fingerprint density at radius 3 is 2.69 bits per heavy atom. The lowest BCUT2D eigenvalue weighted by atomic mass is 10.1. The van der Waals surface area contributed by atoms with Crippen molar-refractivity contribution in [1.29, 1.82) is 0 Å². The fourth-order valence-corrected chi connectivity index (χ4v) is 2.71. The molecule has 0 radical (unpaired) electrons. The van der Waals surface area contributed by atoms with E-state index in [4.69, 9.17) is 14.0 Å². The van der Waals surface area contributed by atoms with Gasteiger partial charge in [-0.25, -0.2) is 0 Å². The quantitative estimate of drug-likeness (QED) is 0.441. The third-order valence-corrected chi connectivity index (χ3v) is 4.12. The van der Waals surface area contributed by atoms with Crippen LogP contribution in [0.5, 0.6) is 5.75 Å². The topological polar surface area (TPSA) is 91.5 Å². The second-order valence-electron chi connectivity index (χ2n) is 5.36. The molecular formula is C18H16N2O5S.